The Hall–Kier alpha value is -1.02. The van der Waals surface area contributed by atoms with Crippen molar-refractivity contribution in [3.8, 4) is 5.75 Å². The molecule has 0 aliphatic carbocycles. The van der Waals surface area contributed by atoms with Crippen molar-refractivity contribution >= 4 is 0 Å². The second-order valence-corrected chi connectivity index (χ2v) is 3.08. The molecule has 0 aromatic heterocycles. The molecule has 1 unspecified atom stereocenters. The number of rotatable bonds is 4. The molecule has 1 rings (SSSR count). The number of para-hydroxylation sites is 1. The lowest BCUT2D eigenvalue weighted by atomic mass is 10.0. The maximum absolute atomic E-state index is 9.60. The lowest BCUT2D eigenvalue weighted by molar-refractivity contribution is 0.445. The van der Waals surface area contributed by atoms with E-state index in [0.717, 1.165) is 18.5 Å². The van der Waals surface area contributed by atoms with E-state index in [4.69, 9.17) is 0 Å². The lowest BCUT2D eigenvalue weighted by Crippen LogP contribution is -2.19. The number of aromatic hydroxyl groups is 1. The van der Waals surface area contributed by atoms with Crippen molar-refractivity contribution in [1.29, 1.82) is 0 Å². The molecule has 1 aromatic carbocycles. The van der Waals surface area contributed by atoms with Gasteiger partial charge in [0.05, 0.1) is 0 Å². The molecule has 1 atom stereocenters. The largest absolute Gasteiger partial charge is 0.508 e. The highest BCUT2D eigenvalue weighted by molar-refractivity contribution is 5.34. The molecule has 0 bridgehead atoms. The van der Waals surface area contributed by atoms with E-state index in [9.17, 15) is 5.11 Å². The zero-order valence-corrected chi connectivity index (χ0v) is 8.25. The first-order valence-electron chi connectivity index (χ1n) is 4.80. The summed E-state index contributed by atoms with van der Waals surface area (Å²) in [7, 11) is 0. The summed E-state index contributed by atoms with van der Waals surface area (Å²) in [5.74, 6) is 0.385. The first-order valence-corrected chi connectivity index (χ1v) is 4.80. The maximum Gasteiger partial charge on any atom is 0.120 e. The molecule has 2 heteroatoms. The predicted octanol–water partition coefficient (Wildman–Crippen LogP) is 2.45. The smallest absolute Gasteiger partial charge is 0.120 e. The zero-order chi connectivity index (χ0) is 9.68. The summed E-state index contributed by atoms with van der Waals surface area (Å²) in [6.07, 6.45) is 0.991. The number of benzene rings is 1. The van der Waals surface area contributed by atoms with Gasteiger partial charge in [-0.05, 0) is 19.0 Å². The fourth-order valence-corrected chi connectivity index (χ4v) is 1.50. The number of hydrogen-bond acceptors (Lipinski definition) is 2. The minimum atomic E-state index is 0.270. The van der Waals surface area contributed by atoms with Gasteiger partial charge in [-0.2, -0.15) is 0 Å². The lowest BCUT2D eigenvalue weighted by Gasteiger charge is -2.17. The predicted molar refractivity (Wildman–Crippen MR) is 54.8 cm³/mol. The summed E-state index contributed by atoms with van der Waals surface area (Å²) in [5, 5.41) is 12.9. The molecule has 0 aliphatic rings. The molecule has 72 valence electrons. The molecule has 2 N–H and O–H groups in total. The molecule has 1 aromatic rings. The second-order valence-electron chi connectivity index (χ2n) is 3.08. The first kappa shape index (κ1) is 10.1. The third-order valence-electron chi connectivity index (χ3n) is 2.17. The van der Waals surface area contributed by atoms with Gasteiger partial charge in [-0.15, -0.1) is 0 Å². The number of hydrogen-bond donors (Lipinski definition) is 2. The van der Waals surface area contributed by atoms with Crippen molar-refractivity contribution in [2.75, 3.05) is 6.54 Å². The molecular weight excluding hydrogens is 162 g/mol. The fraction of sp³-hybridized carbons (Fsp3) is 0.455. The Kier molecular flexibility index (Phi) is 3.77. The van der Waals surface area contributed by atoms with Crippen LogP contribution in [0.3, 0.4) is 0 Å². The molecular formula is C11H17NO. The summed E-state index contributed by atoms with van der Waals surface area (Å²) in [5.41, 5.74) is 0.992. The average molecular weight is 179 g/mol. The average Bonchev–Trinajstić information content (AvgIpc) is 2.16. The van der Waals surface area contributed by atoms with Crippen LogP contribution in [-0.4, -0.2) is 11.7 Å². The highest BCUT2D eigenvalue weighted by atomic mass is 16.3. The van der Waals surface area contributed by atoms with Gasteiger partial charge in [0.2, 0.25) is 0 Å². The zero-order valence-electron chi connectivity index (χ0n) is 8.25. The maximum atomic E-state index is 9.60. The van der Waals surface area contributed by atoms with Gasteiger partial charge >= 0.3 is 0 Å². The minimum absolute atomic E-state index is 0.270. The van der Waals surface area contributed by atoms with Crippen LogP contribution in [-0.2, 0) is 0 Å². The molecule has 0 fully saturated rings. The molecule has 0 saturated heterocycles. The van der Waals surface area contributed by atoms with E-state index in [1.54, 1.807) is 6.07 Å². The Bertz CT molecular complexity index is 260. The van der Waals surface area contributed by atoms with Gasteiger partial charge in [0.15, 0.2) is 0 Å². The van der Waals surface area contributed by atoms with Gasteiger partial charge in [-0.25, -0.2) is 0 Å². The van der Waals surface area contributed by atoms with Crippen molar-refractivity contribution in [2.24, 2.45) is 0 Å². The van der Waals surface area contributed by atoms with Crippen LogP contribution in [0, 0.1) is 0 Å². The Morgan fingerprint density at radius 1 is 1.31 bits per heavy atom. The minimum Gasteiger partial charge on any atom is -0.508 e. The highest BCUT2D eigenvalue weighted by Gasteiger charge is 2.10. The number of nitrogens with one attached hydrogen (secondary N) is 1. The molecule has 2 nitrogen and oxygen atoms in total. The number of phenols is 1. The van der Waals surface area contributed by atoms with Gasteiger partial charge in [-0.1, -0.05) is 32.0 Å². The summed E-state index contributed by atoms with van der Waals surface area (Å²) in [6, 6.07) is 7.76. The molecule has 0 heterocycles. The summed E-state index contributed by atoms with van der Waals surface area (Å²) >= 11 is 0. The van der Waals surface area contributed by atoms with Gasteiger partial charge in [0, 0.05) is 11.6 Å². The van der Waals surface area contributed by atoms with Gasteiger partial charge < -0.3 is 10.4 Å². The van der Waals surface area contributed by atoms with E-state index in [1.807, 2.05) is 18.2 Å². The molecule has 0 aliphatic heterocycles. The Morgan fingerprint density at radius 3 is 2.54 bits per heavy atom. The Balaban J connectivity index is 2.84. The number of phenolic OH excluding ortho intramolecular Hbond substituents is 1. The van der Waals surface area contributed by atoms with Gasteiger partial charge in [0.1, 0.15) is 5.75 Å². The molecule has 0 radical (unpaired) electrons. The van der Waals surface area contributed by atoms with E-state index < -0.39 is 0 Å². The van der Waals surface area contributed by atoms with Crippen molar-refractivity contribution < 1.29 is 5.11 Å². The summed E-state index contributed by atoms with van der Waals surface area (Å²) < 4.78 is 0. The molecule has 0 spiro atoms. The quantitative estimate of drug-likeness (QED) is 0.744. The topological polar surface area (TPSA) is 32.3 Å². The van der Waals surface area contributed by atoms with Crippen molar-refractivity contribution in [3.63, 3.8) is 0 Å². The third kappa shape index (κ3) is 2.46. The first-order chi connectivity index (χ1) is 6.29. The van der Waals surface area contributed by atoms with Gasteiger partial charge in [0.25, 0.3) is 0 Å². The second kappa shape index (κ2) is 4.87. The summed E-state index contributed by atoms with van der Waals surface area (Å²) in [4.78, 5) is 0. The van der Waals surface area contributed by atoms with Crippen LogP contribution in [0.2, 0.25) is 0 Å². The summed E-state index contributed by atoms with van der Waals surface area (Å²) in [6.45, 7) is 5.11. The Labute approximate surface area is 79.6 Å². The van der Waals surface area contributed by atoms with Gasteiger partial charge in [-0.3, -0.25) is 0 Å². The van der Waals surface area contributed by atoms with Crippen LogP contribution >= 0.6 is 0 Å². The molecule has 0 amide bonds. The van der Waals surface area contributed by atoms with Crippen LogP contribution in [0.1, 0.15) is 31.9 Å². The molecule has 13 heavy (non-hydrogen) atoms. The molecule has 0 saturated carbocycles. The van der Waals surface area contributed by atoms with Crippen LogP contribution < -0.4 is 5.32 Å². The van der Waals surface area contributed by atoms with E-state index in [0.29, 0.717) is 5.75 Å². The van der Waals surface area contributed by atoms with E-state index in [2.05, 4.69) is 19.2 Å². The van der Waals surface area contributed by atoms with Crippen LogP contribution in [0.4, 0.5) is 0 Å². The highest BCUT2D eigenvalue weighted by Crippen LogP contribution is 2.25. The van der Waals surface area contributed by atoms with Crippen LogP contribution in [0.5, 0.6) is 5.75 Å². The third-order valence-corrected chi connectivity index (χ3v) is 2.17. The standard InChI is InChI=1S/C11H17NO/c1-3-10(12-4-2)9-7-5-6-8-11(9)13/h5-8,10,12-13H,3-4H2,1-2H3. The fourth-order valence-electron chi connectivity index (χ4n) is 1.50. The van der Waals surface area contributed by atoms with E-state index in [-0.39, 0.29) is 6.04 Å². The van der Waals surface area contributed by atoms with Crippen molar-refractivity contribution in [2.45, 2.75) is 26.3 Å². The van der Waals surface area contributed by atoms with Crippen molar-refractivity contribution in [1.82, 2.24) is 5.32 Å². The SMILES string of the molecule is CCNC(CC)c1ccccc1O. The Morgan fingerprint density at radius 2 is 2.00 bits per heavy atom. The normalized spacial score (nSPS) is 12.8. The van der Waals surface area contributed by atoms with E-state index in [1.165, 1.54) is 0 Å². The van der Waals surface area contributed by atoms with Crippen LogP contribution in [0.25, 0.3) is 0 Å². The monoisotopic (exact) mass is 179 g/mol. The van der Waals surface area contributed by atoms with Crippen LogP contribution in [0.15, 0.2) is 24.3 Å². The van der Waals surface area contributed by atoms with E-state index >= 15 is 0 Å². The van der Waals surface area contributed by atoms with Crippen molar-refractivity contribution in [3.05, 3.63) is 29.8 Å².